The molecule has 2 aromatic rings. The van der Waals surface area contributed by atoms with Crippen LogP contribution in [0.2, 0.25) is 0 Å². The van der Waals surface area contributed by atoms with Crippen LogP contribution in [-0.4, -0.2) is 15.5 Å². The SMILES string of the molecule is O=[N+]([O-])c1ccc(Cn2cccc2CNC2CC2)c(Br)c1. The molecule has 1 aromatic carbocycles. The van der Waals surface area contributed by atoms with Crippen molar-refractivity contribution < 1.29 is 4.92 Å². The maximum atomic E-state index is 10.8. The molecule has 0 aliphatic heterocycles. The zero-order valence-electron chi connectivity index (χ0n) is 11.5. The summed E-state index contributed by atoms with van der Waals surface area (Å²) in [6.45, 7) is 1.57. The van der Waals surface area contributed by atoms with Gasteiger partial charge < -0.3 is 9.88 Å². The molecular formula is C15H16BrN3O2. The number of nitro groups is 1. The highest BCUT2D eigenvalue weighted by Gasteiger charge is 2.20. The second-order valence-corrected chi connectivity index (χ2v) is 6.17. The van der Waals surface area contributed by atoms with Crippen LogP contribution in [0.1, 0.15) is 24.1 Å². The van der Waals surface area contributed by atoms with E-state index in [0.29, 0.717) is 12.6 Å². The van der Waals surface area contributed by atoms with Crippen LogP contribution in [0.3, 0.4) is 0 Å². The summed E-state index contributed by atoms with van der Waals surface area (Å²) in [4.78, 5) is 10.4. The Labute approximate surface area is 131 Å². The van der Waals surface area contributed by atoms with Crippen molar-refractivity contribution in [2.75, 3.05) is 0 Å². The third-order valence-corrected chi connectivity index (χ3v) is 4.40. The van der Waals surface area contributed by atoms with Gasteiger partial charge >= 0.3 is 0 Å². The number of aromatic nitrogens is 1. The molecule has 1 heterocycles. The molecule has 0 bridgehead atoms. The Morgan fingerprint density at radius 3 is 2.86 bits per heavy atom. The van der Waals surface area contributed by atoms with Gasteiger partial charge in [0.1, 0.15) is 0 Å². The minimum atomic E-state index is -0.380. The highest BCUT2D eigenvalue weighted by Crippen LogP contribution is 2.24. The molecule has 3 rings (SSSR count). The lowest BCUT2D eigenvalue weighted by Gasteiger charge is -2.11. The molecule has 1 aliphatic carbocycles. The molecular weight excluding hydrogens is 334 g/mol. The van der Waals surface area contributed by atoms with Crippen molar-refractivity contribution in [1.29, 1.82) is 0 Å². The van der Waals surface area contributed by atoms with Crippen LogP contribution in [0.4, 0.5) is 5.69 Å². The van der Waals surface area contributed by atoms with E-state index in [1.54, 1.807) is 18.2 Å². The quantitative estimate of drug-likeness (QED) is 0.641. The smallest absolute Gasteiger partial charge is 0.270 e. The number of nitro benzene ring substituents is 1. The number of hydrogen-bond acceptors (Lipinski definition) is 3. The lowest BCUT2D eigenvalue weighted by atomic mass is 10.2. The average Bonchev–Trinajstić information content (AvgIpc) is 3.18. The van der Waals surface area contributed by atoms with Gasteiger partial charge in [0, 0.05) is 47.6 Å². The van der Waals surface area contributed by atoms with E-state index in [2.05, 4.69) is 31.9 Å². The summed E-state index contributed by atoms with van der Waals surface area (Å²) in [5.74, 6) is 0. The summed E-state index contributed by atoms with van der Waals surface area (Å²) in [6, 6.07) is 9.73. The van der Waals surface area contributed by atoms with E-state index in [1.807, 2.05) is 12.3 Å². The van der Waals surface area contributed by atoms with Crippen LogP contribution in [0.15, 0.2) is 41.0 Å². The Bertz CT molecular complexity index is 665. The zero-order valence-corrected chi connectivity index (χ0v) is 13.0. The zero-order chi connectivity index (χ0) is 14.8. The van der Waals surface area contributed by atoms with Gasteiger partial charge in [-0.1, -0.05) is 15.9 Å². The fourth-order valence-corrected chi connectivity index (χ4v) is 2.75. The van der Waals surface area contributed by atoms with E-state index in [4.69, 9.17) is 0 Å². The summed E-state index contributed by atoms with van der Waals surface area (Å²) in [6.07, 6.45) is 4.58. The largest absolute Gasteiger partial charge is 0.346 e. The van der Waals surface area contributed by atoms with Crippen LogP contribution in [0.5, 0.6) is 0 Å². The van der Waals surface area contributed by atoms with E-state index in [-0.39, 0.29) is 10.6 Å². The first-order valence-electron chi connectivity index (χ1n) is 6.93. The van der Waals surface area contributed by atoms with Gasteiger partial charge in [-0.2, -0.15) is 0 Å². The molecule has 5 nitrogen and oxygen atoms in total. The third-order valence-electron chi connectivity index (χ3n) is 3.66. The lowest BCUT2D eigenvalue weighted by Crippen LogP contribution is -2.18. The van der Waals surface area contributed by atoms with E-state index in [0.717, 1.165) is 16.6 Å². The highest BCUT2D eigenvalue weighted by molar-refractivity contribution is 9.10. The fourth-order valence-electron chi connectivity index (χ4n) is 2.26. The predicted molar refractivity (Wildman–Crippen MR) is 84.2 cm³/mol. The molecule has 0 spiro atoms. The topological polar surface area (TPSA) is 60.1 Å². The molecule has 1 aliphatic rings. The van der Waals surface area contributed by atoms with Crippen LogP contribution in [0, 0.1) is 10.1 Å². The Morgan fingerprint density at radius 2 is 2.19 bits per heavy atom. The summed E-state index contributed by atoms with van der Waals surface area (Å²) in [5.41, 5.74) is 2.37. The van der Waals surface area contributed by atoms with Crippen molar-refractivity contribution in [3.05, 3.63) is 62.4 Å². The molecule has 0 radical (unpaired) electrons. The molecule has 0 saturated heterocycles. The van der Waals surface area contributed by atoms with Crippen molar-refractivity contribution in [3.63, 3.8) is 0 Å². The molecule has 1 saturated carbocycles. The first kappa shape index (κ1) is 14.3. The van der Waals surface area contributed by atoms with E-state index in [1.165, 1.54) is 18.5 Å². The number of halogens is 1. The van der Waals surface area contributed by atoms with Gasteiger partial charge in [-0.05, 0) is 36.6 Å². The number of rotatable bonds is 6. The van der Waals surface area contributed by atoms with Crippen LogP contribution >= 0.6 is 15.9 Å². The molecule has 0 atom stereocenters. The number of nitrogens with one attached hydrogen (secondary N) is 1. The van der Waals surface area contributed by atoms with Gasteiger partial charge in [-0.25, -0.2) is 0 Å². The van der Waals surface area contributed by atoms with Crippen LogP contribution in [0.25, 0.3) is 0 Å². The molecule has 1 N–H and O–H groups in total. The summed E-state index contributed by atoms with van der Waals surface area (Å²) in [5, 5.41) is 14.3. The number of benzene rings is 1. The minimum Gasteiger partial charge on any atom is -0.346 e. The predicted octanol–water partition coefficient (Wildman–Crippen LogP) is 3.46. The number of non-ortho nitro benzene ring substituents is 1. The first-order chi connectivity index (χ1) is 10.1. The minimum absolute atomic E-state index is 0.105. The maximum absolute atomic E-state index is 10.8. The van der Waals surface area contributed by atoms with Crippen molar-refractivity contribution in [2.24, 2.45) is 0 Å². The van der Waals surface area contributed by atoms with Gasteiger partial charge in [0.15, 0.2) is 0 Å². The van der Waals surface area contributed by atoms with E-state index in [9.17, 15) is 10.1 Å². The van der Waals surface area contributed by atoms with E-state index < -0.39 is 0 Å². The fraction of sp³-hybridized carbons (Fsp3) is 0.333. The standard InChI is InChI=1S/C15H16BrN3O2/c16-15-8-13(19(20)21)6-3-11(15)10-18-7-1-2-14(18)9-17-12-4-5-12/h1-3,6-8,12,17H,4-5,9-10H2. The molecule has 1 fully saturated rings. The Kier molecular flexibility index (Phi) is 4.07. The Balaban J connectivity index is 1.73. The molecule has 1 aromatic heterocycles. The molecule has 0 amide bonds. The van der Waals surface area contributed by atoms with Gasteiger partial charge in [-0.15, -0.1) is 0 Å². The summed E-state index contributed by atoms with van der Waals surface area (Å²) >= 11 is 3.42. The van der Waals surface area contributed by atoms with Crippen molar-refractivity contribution in [3.8, 4) is 0 Å². The van der Waals surface area contributed by atoms with Gasteiger partial charge in [0.25, 0.3) is 5.69 Å². The monoisotopic (exact) mass is 349 g/mol. The molecule has 110 valence electrons. The lowest BCUT2D eigenvalue weighted by molar-refractivity contribution is -0.384. The maximum Gasteiger partial charge on any atom is 0.270 e. The number of nitrogens with zero attached hydrogens (tertiary/aromatic N) is 2. The highest BCUT2D eigenvalue weighted by atomic mass is 79.9. The average molecular weight is 350 g/mol. The summed E-state index contributed by atoms with van der Waals surface area (Å²) < 4.78 is 2.94. The van der Waals surface area contributed by atoms with E-state index >= 15 is 0 Å². The van der Waals surface area contributed by atoms with Crippen LogP contribution in [-0.2, 0) is 13.1 Å². The normalized spacial score (nSPS) is 14.3. The van der Waals surface area contributed by atoms with Crippen molar-refractivity contribution in [2.45, 2.75) is 32.0 Å². The second-order valence-electron chi connectivity index (χ2n) is 5.32. The van der Waals surface area contributed by atoms with Crippen LogP contribution < -0.4 is 5.32 Å². The molecule has 0 unspecified atom stereocenters. The van der Waals surface area contributed by atoms with Gasteiger partial charge in [-0.3, -0.25) is 10.1 Å². The third kappa shape index (κ3) is 3.51. The van der Waals surface area contributed by atoms with Crippen molar-refractivity contribution in [1.82, 2.24) is 9.88 Å². The Morgan fingerprint density at radius 1 is 1.38 bits per heavy atom. The second kappa shape index (κ2) is 5.99. The molecule has 6 heteroatoms. The van der Waals surface area contributed by atoms with Crippen molar-refractivity contribution >= 4 is 21.6 Å². The molecule has 21 heavy (non-hydrogen) atoms. The Hall–Kier alpha value is -1.66. The van der Waals surface area contributed by atoms with Gasteiger partial charge in [0.2, 0.25) is 0 Å². The first-order valence-corrected chi connectivity index (χ1v) is 7.73. The van der Waals surface area contributed by atoms with Gasteiger partial charge in [0.05, 0.1) is 4.92 Å². The summed E-state index contributed by atoms with van der Waals surface area (Å²) in [7, 11) is 0. The number of hydrogen-bond donors (Lipinski definition) is 1.